The second-order valence-electron chi connectivity index (χ2n) is 5.53. The highest BCUT2D eigenvalue weighted by atomic mass is 19.4. The zero-order valence-corrected chi connectivity index (χ0v) is 11.3. The fourth-order valence-corrected chi connectivity index (χ4v) is 1.40. The zero-order chi connectivity index (χ0) is 15.7. The molecule has 0 spiro atoms. The van der Waals surface area contributed by atoms with E-state index in [0.29, 0.717) is 18.2 Å². The predicted molar refractivity (Wildman–Crippen MR) is 67.5 cm³/mol. The summed E-state index contributed by atoms with van der Waals surface area (Å²) >= 11 is 0. The normalized spacial score (nSPS) is 14.0. The number of amides is 1. The zero-order valence-electron chi connectivity index (χ0n) is 11.3. The quantitative estimate of drug-likeness (QED) is 0.823. The molecule has 0 aliphatic rings. The van der Waals surface area contributed by atoms with Gasteiger partial charge in [-0.3, -0.25) is 4.79 Å². The van der Waals surface area contributed by atoms with Gasteiger partial charge >= 0.3 is 6.18 Å². The smallest absolute Gasteiger partial charge is 0.322 e. The molecular weight excluding hydrogens is 276 g/mol. The van der Waals surface area contributed by atoms with Crippen molar-refractivity contribution in [1.29, 1.82) is 0 Å². The van der Waals surface area contributed by atoms with Crippen molar-refractivity contribution in [3.05, 3.63) is 29.6 Å². The lowest BCUT2D eigenvalue weighted by molar-refractivity contribution is -0.137. The van der Waals surface area contributed by atoms with Gasteiger partial charge < -0.3 is 11.1 Å². The minimum atomic E-state index is -4.61. The van der Waals surface area contributed by atoms with E-state index < -0.39 is 40.6 Å². The molecule has 1 rings (SSSR count). The molecule has 0 saturated heterocycles. The summed E-state index contributed by atoms with van der Waals surface area (Å²) in [5.74, 6) is -1.69. The summed E-state index contributed by atoms with van der Waals surface area (Å²) in [5, 5.41) is 2.09. The van der Waals surface area contributed by atoms with E-state index in [1.54, 1.807) is 20.8 Å². The molecule has 7 heteroatoms. The topological polar surface area (TPSA) is 55.1 Å². The fourth-order valence-electron chi connectivity index (χ4n) is 1.40. The van der Waals surface area contributed by atoms with Gasteiger partial charge in [0.2, 0.25) is 5.91 Å². The molecule has 0 heterocycles. The van der Waals surface area contributed by atoms with E-state index in [2.05, 4.69) is 5.32 Å². The molecule has 0 radical (unpaired) electrons. The lowest BCUT2D eigenvalue weighted by Gasteiger charge is -2.26. The van der Waals surface area contributed by atoms with Gasteiger partial charge in [0.25, 0.3) is 0 Å². The van der Waals surface area contributed by atoms with Crippen molar-refractivity contribution in [2.45, 2.75) is 33.0 Å². The summed E-state index contributed by atoms with van der Waals surface area (Å²) in [4.78, 5) is 11.8. The molecule has 3 N–H and O–H groups in total. The van der Waals surface area contributed by atoms with E-state index in [1.807, 2.05) is 0 Å². The van der Waals surface area contributed by atoms with Crippen molar-refractivity contribution in [1.82, 2.24) is 0 Å². The van der Waals surface area contributed by atoms with E-state index >= 15 is 0 Å². The summed E-state index contributed by atoms with van der Waals surface area (Å²) in [6.07, 6.45) is -4.61. The summed E-state index contributed by atoms with van der Waals surface area (Å²) in [6.45, 7) is 5.08. The molecule has 1 atom stereocenters. The average molecular weight is 292 g/mol. The van der Waals surface area contributed by atoms with Crippen LogP contribution >= 0.6 is 0 Å². The Kier molecular flexibility index (Phi) is 4.43. The molecule has 0 unspecified atom stereocenters. The minimum absolute atomic E-state index is 0.537. The maximum absolute atomic E-state index is 13.5. The largest absolute Gasteiger partial charge is 0.416 e. The van der Waals surface area contributed by atoms with E-state index in [4.69, 9.17) is 5.73 Å². The Balaban J connectivity index is 3.01. The molecule has 1 aromatic rings. The predicted octanol–water partition coefficient (Wildman–Crippen LogP) is 3.16. The Hall–Kier alpha value is -1.63. The molecule has 0 saturated carbocycles. The van der Waals surface area contributed by atoms with Crippen molar-refractivity contribution >= 4 is 11.6 Å². The number of nitrogens with two attached hydrogens (primary N) is 1. The highest BCUT2D eigenvalue weighted by Gasteiger charge is 2.32. The first-order chi connectivity index (χ1) is 8.93. The number of hydrogen-bond acceptors (Lipinski definition) is 2. The lowest BCUT2D eigenvalue weighted by atomic mass is 9.87. The Morgan fingerprint density at radius 2 is 1.80 bits per heavy atom. The second-order valence-corrected chi connectivity index (χ2v) is 5.53. The monoisotopic (exact) mass is 292 g/mol. The van der Waals surface area contributed by atoms with Crippen molar-refractivity contribution in [3.8, 4) is 0 Å². The van der Waals surface area contributed by atoms with Gasteiger partial charge in [-0.15, -0.1) is 0 Å². The number of anilines is 1. The fraction of sp³-hybridized carbons (Fsp3) is 0.462. The van der Waals surface area contributed by atoms with Crippen LogP contribution in [0.2, 0.25) is 0 Å². The van der Waals surface area contributed by atoms with Gasteiger partial charge in [0.05, 0.1) is 17.3 Å². The van der Waals surface area contributed by atoms with Crippen molar-refractivity contribution in [3.63, 3.8) is 0 Å². The van der Waals surface area contributed by atoms with Gasteiger partial charge in [0.1, 0.15) is 5.82 Å². The first-order valence-corrected chi connectivity index (χ1v) is 5.86. The van der Waals surface area contributed by atoms with Crippen LogP contribution in [-0.4, -0.2) is 11.9 Å². The second kappa shape index (κ2) is 5.40. The maximum atomic E-state index is 13.5. The van der Waals surface area contributed by atoms with Crippen molar-refractivity contribution in [2.75, 3.05) is 5.32 Å². The Morgan fingerprint density at radius 1 is 1.25 bits per heavy atom. The first-order valence-electron chi connectivity index (χ1n) is 5.86. The lowest BCUT2D eigenvalue weighted by Crippen LogP contribution is -2.45. The van der Waals surface area contributed by atoms with Crippen LogP contribution in [0, 0.1) is 11.2 Å². The molecule has 20 heavy (non-hydrogen) atoms. The van der Waals surface area contributed by atoms with Gasteiger partial charge in [-0.2, -0.15) is 13.2 Å². The van der Waals surface area contributed by atoms with E-state index in [1.165, 1.54) is 0 Å². The third kappa shape index (κ3) is 3.93. The van der Waals surface area contributed by atoms with Crippen LogP contribution in [0.15, 0.2) is 18.2 Å². The number of carbonyl (C=O) groups is 1. The van der Waals surface area contributed by atoms with E-state index in [0.717, 1.165) is 0 Å². The van der Waals surface area contributed by atoms with Gasteiger partial charge in [-0.05, 0) is 23.6 Å². The minimum Gasteiger partial charge on any atom is -0.322 e. The van der Waals surface area contributed by atoms with Gasteiger partial charge in [0, 0.05) is 0 Å². The summed E-state index contributed by atoms with van der Waals surface area (Å²) in [7, 11) is 0. The highest BCUT2D eigenvalue weighted by Crippen LogP contribution is 2.32. The van der Waals surface area contributed by atoms with E-state index in [-0.39, 0.29) is 0 Å². The molecule has 0 fully saturated rings. The number of nitrogens with one attached hydrogen (secondary N) is 1. The number of carbonyl (C=O) groups excluding carboxylic acids is 1. The number of rotatable bonds is 2. The third-order valence-corrected chi connectivity index (χ3v) is 2.77. The molecule has 0 aliphatic carbocycles. The van der Waals surface area contributed by atoms with Crippen LogP contribution in [0.25, 0.3) is 0 Å². The molecule has 112 valence electrons. The highest BCUT2D eigenvalue weighted by molar-refractivity contribution is 5.95. The third-order valence-electron chi connectivity index (χ3n) is 2.77. The van der Waals surface area contributed by atoms with Crippen LogP contribution in [0.4, 0.5) is 23.2 Å². The molecule has 0 aliphatic heterocycles. The maximum Gasteiger partial charge on any atom is 0.416 e. The SMILES string of the molecule is CC(C)(C)[C@H](N)C(=O)Nc1cc(C(F)(F)F)ccc1F. The number of halogens is 4. The average Bonchev–Trinajstić information content (AvgIpc) is 2.28. The Morgan fingerprint density at radius 3 is 2.25 bits per heavy atom. The summed E-state index contributed by atoms with van der Waals surface area (Å²) in [6, 6.07) is 0.828. The van der Waals surface area contributed by atoms with Gasteiger partial charge in [0.15, 0.2) is 0 Å². The first kappa shape index (κ1) is 16.4. The van der Waals surface area contributed by atoms with Crippen LogP contribution in [0.1, 0.15) is 26.3 Å². The van der Waals surface area contributed by atoms with Crippen LogP contribution < -0.4 is 11.1 Å². The number of alkyl halides is 3. The summed E-state index contributed by atoms with van der Waals surface area (Å²) < 4.78 is 51.0. The number of hydrogen-bond donors (Lipinski definition) is 2. The van der Waals surface area contributed by atoms with Crippen LogP contribution in [0.3, 0.4) is 0 Å². The summed E-state index contributed by atoms with van der Waals surface area (Å²) in [5.41, 5.74) is 3.48. The van der Waals surface area contributed by atoms with Gasteiger partial charge in [-0.1, -0.05) is 20.8 Å². The number of benzene rings is 1. The van der Waals surface area contributed by atoms with Crippen molar-refractivity contribution in [2.24, 2.45) is 11.1 Å². The van der Waals surface area contributed by atoms with Crippen LogP contribution in [-0.2, 0) is 11.0 Å². The molecule has 0 aromatic heterocycles. The molecule has 0 bridgehead atoms. The molecule has 1 amide bonds. The van der Waals surface area contributed by atoms with Gasteiger partial charge in [-0.25, -0.2) is 4.39 Å². The van der Waals surface area contributed by atoms with Crippen LogP contribution in [0.5, 0.6) is 0 Å². The molecule has 1 aromatic carbocycles. The Labute approximate surface area is 114 Å². The standard InChI is InChI=1S/C13H16F4N2O/c1-12(2,3)10(18)11(20)19-9-6-7(13(15,16)17)4-5-8(9)14/h4-6,10H,18H2,1-3H3,(H,19,20)/t10-/m1/s1. The van der Waals surface area contributed by atoms with Crippen molar-refractivity contribution < 1.29 is 22.4 Å². The molecular formula is C13H16F4N2O. The Bertz CT molecular complexity index is 506. The van der Waals surface area contributed by atoms with E-state index in [9.17, 15) is 22.4 Å². The molecule has 3 nitrogen and oxygen atoms in total.